The van der Waals surface area contributed by atoms with Crippen LogP contribution in [0.3, 0.4) is 0 Å². The maximum absolute atomic E-state index is 12.9. The molecule has 2 aliphatic rings. The third-order valence-electron chi connectivity index (χ3n) is 5.34. The van der Waals surface area contributed by atoms with E-state index in [4.69, 9.17) is 0 Å². The molecule has 31 heavy (non-hydrogen) atoms. The van der Waals surface area contributed by atoms with Gasteiger partial charge in [-0.05, 0) is 24.8 Å². The third kappa shape index (κ3) is 5.04. The average Bonchev–Trinajstić information content (AvgIpc) is 3.27. The molecular weight excluding hydrogens is 422 g/mol. The Kier molecular flexibility index (Phi) is 7.26. The van der Waals surface area contributed by atoms with Crippen molar-refractivity contribution in [2.45, 2.75) is 51.2 Å². The molecule has 2 saturated heterocycles. The molecule has 10 nitrogen and oxygen atoms in total. The van der Waals surface area contributed by atoms with E-state index in [-0.39, 0.29) is 12.5 Å². The van der Waals surface area contributed by atoms with Gasteiger partial charge in [0.1, 0.15) is 12.1 Å². The zero-order valence-corrected chi connectivity index (χ0v) is 18.4. The van der Waals surface area contributed by atoms with Crippen LogP contribution in [-0.4, -0.2) is 71.2 Å². The molecule has 3 rings (SSSR count). The minimum absolute atomic E-state index is 0.250. The monoisotopic (exact) mass is 449 g/mol. The number of hydrogen-bond donors (Lipinski definition) is 3. The number of rotatable bonds is 8. The van der Waals surface area contributed by atoms with Gasteiger partial charge < -0.3 is 20.9 Å². The Bertz CT molecular complexity index is 858. The van der Waals surface area contributed by atoms with E-state index < -0.39 is 41.9 Å². The van der Waals surface area contributed by atoms with Crippen molar-refractivity contribution in [2.75, 3.05) is 19.6 Å². The van der Waals surface area contributed by atoms with Crippen LogP contribution in [0.5, 0.6) is 0 Å². The molecule has 0 aliphatic carbocycles. The Morgan fingerprint density at radius 3 is 2.61 bits per heavy atom. The highest BCUT2D eigenvalue weighted by Gasteiger charge is 2.42. The van der Waals surface area contributed by atoms with Crippen LogP contribution in [0.1, 0.15) is 44.0 Å². The van der Waals surface area contributed by atoms with E-state index in [2.05, 4.69) is 22.9 Å². The summed E-state index contributed by atoms with van der Waals surface area (Å²) in [5.74, 6) is -2.47. The van der Waals surface area contributed by atoms with Crippen LogP contribution in [0.4, 0.5) is 4.79 Å². The molecule has 1 aromatic rings. The molecule has 11 heteroatoms. The van der Waals surface area contributed by atoms with Crippen LogP contribution in [0.15, 0.2) is 17.5 Å². The zero-order chi connectivity index (χ0) is 22.5. The number of hydrogen-bond acceptors (Lipinski definition) is 6. The standard InChI is InChI=1S/C20H27N5O5S/c1-3-4-5-8-24-11-12(2)25(19(29)18(24)28)20(30)23-15(14-7-6-9-31-14)17(27)22-13-10-21-16(13)26/h6-7,9,12-13,15H,3-5,8,10-11H2,1-2H3,(H,21,26)(H,22,27)(H,23,30). The Labute approximate surface area is 184 Å². The van der Waals surface area contributed by atoms with Gasteiger partial charge in [-0.3, -0.25) is 24.1 Å². The van der Waals surface area contributed by atoms with Gasteiger partial charge in [-0.1, -0.05) is 25.8 Å². The predicted molar refractivity (Wildman–Crippen MR) is 113 cm³/mol. The van der Waals surface area contributed by atoms with Crippen LogP contribution >= 0.6 is 11.3 Å². The summed E-state index contributed by atoms with van der Waals surface area (Å²) in [5.41, 5.74) is 0. The second-order valence-electron chi connectivity index (χ2n) is 7.69. The zero-order valence-electron chi connectivity index (χ0n) is 17.6. The van der Waals surface area contributed by atoms with Gasteiger partial charge in [0.2, 0.25) is 11.8 Å². The maximum Gasteiger partial charge on any atom is 0.325 e. The second kappa shape index (κ2) is 9.90. The fraction of sp³-hybridized carbons (Fsp3) is 0.550. The molecule has 0 spiro atoms. The lowest BCUT2D eigenvalue weighted by Crippen LogP contribution is -2.64. The molecule has 0 radical (unpaired) electrons. The Morgan fingerprint density at radius 1 is 1.26 bits per heavy atom. The molecule has 3 unspecified atom stereocenters. The number of carbonyl (C=O) groups is 5. The molecule has 2 fully saturated rings. The predicted octanol–water partition coefficient (Wildman–Crippen LogP) is 0.363. The van der Waals surface area contributed by atoms with E-state index in [1.54, 1.807) is 24.4 Å². The molecular formula is C20H27N5O5S. The molecule has 1 aromatic heterocycles. The molecule has 0 aromatic carbocycles. The first kappa shape index (κ1) is 22.7. The summed E-state index contributed by atoms with van der Waals surface area (Å²) in [7, 11) is 0. The second-order valence-corrected chi connectivity index (χ2v) is 8.67. The van der Waals surface area contributed by atoms with Crippen LogP contribution in [0.2, 0.25) is 0 Å². The smallest absolute Gasteiger partial charge is 0.325 e. The van der Waals surface area contributed by atoms with E-state index in [0.717, 1.165) is 24.2 Å². The maximum atomic E-state index is 12.9. The Hall–Kier alpha value is -2.95. The lowest BCUT2D eigenvalue weighted by molar-refractivity contribution is -0.156. The first-order valence-corrected chi connectivity index (χ1v) is 11.3. The van der Waals surface area contributed by atoms with Crippen molar-refractivity contribution in [3.8, 4) is 0 Å². The van der Waals surface area contributed by atoms with E-state index >= 15 is 0 Å². The normalized spacial score (nSPS) is 21.9. The van der Waals surface area contributed by atoms with Crippen LogP contribution < -0.4 is 16.0 Å². The fourth-order valence-electron chi connectivity index (χ4n) is 3.53. The van der Waals surface area contributed by atoms with Gasteiger partial charge >= 0.3 is 17.8 Å². The Balaban J connectivity index is 1.69. The molecule has 2 aliphatic heterocycles. The van der Waals surface area contributed by atoms with Gasteiger partial charge in [0, 0.05) is 24.5 Å². The van der Waals surface area contributed by atoms with Crippen molar-refractivity contribution < 1.29 is 24.0 Å². The quantitative estimate of drug-likeness (QED) is 0.300. The van der Waals surface area contributed by atoms with Crippen LogP contribution in [-0.2, 0) is 19.2 Å². The molecule has 0 saturated carbocycles. The number of amides is 6. The summed E-state index contributed by atoms with van der Waals surface area (Å²) in [6.07, 6.45) is 2.74. The number of β-lactam (4-membered cyclic amide) rings is 1. The van der Waals surface area contributed by atoms with Gasteiger partial charge in [0.05, 0.1) is 6.04 Å². The molecule has 3 heterocycles. The number of piperazine rings is 1. The minimum Gasteiger partial charge on any atom is -0.352 e. The molecule has 168 valence electrons. The number of nitrogens with one attached hydrogen (secondary N) is 3. The van der Waals surface area contributed by atoms with Crippen molar-refractivity contribution in [1.29, 1.82) is 0 Å². The van der Waals surface area contributed by atoms with E-state index in [0.29, 0.717) is 18.0 Å². The first-order valence-electron chi connectivity index (χ1n) is 10.4. The van der Waals surface area contributed by atoms with E-state index in [1.165, 1.54) is 16.2 Å². The molecule has 6 amide bonds. The fourth-order valence-corrected chi connectivity index (χ4v) is 4.31. The van der Waals surface area contributed by atoms with Crippen molar-refractivity contribution in [3.05, 3.63) is 22.4 Å². The lowest BCUT2D eigenvalue weighted by atomic mass is 10.1. The van der Waals surface area contributed by atoms with Crippen molar-refractivity contribution in [2.24, 2.45) is 0 Å². The third-order valence-corrected chi connectivity index (χ3v) is 6.27. The SMILES string of the molecule is CCCCCN1CC(C)N(C(=O)NC(C(=O)NC2CNC2=O)c2cccs2)C(=O)C1=O. The summed E-state index contributed by atoms with van der Waals surface area (Å²) in [4.78, 5) is 65.2. The lowest BCUT2D eigenvalue weighted by Gasteiger charge is -2.38. The highest BCUT2D eigenvalue weighted by atomic mass is 32.1. The average molecular weight is 450 g/mol. The summed E-state index contributed by atoms with van der Waals surface area (Å²) in [6, 6.07) is 0.327. The number of unbranched alkanes of at least 4 members (excludes halogenated alkanes) is 2. The largest absolute Gasteiger partial charge is 0.352 e. The number of imide groups is 1. The number of carbonyl (C=O) groups excluding carboxylic acids is 5. The van der Waals surface area contributed by atoms with Gasteiger partial charge in [-0.15, -0.1) is 11.3 Å². The van der Waals surface area contributed by atoms with Crippen molar-refractivity contribution >= 4 is 41.0 Å². The van der Waals surface area contributed by atoms with Gasteiger partial charge in [-0.25, -0.2) is 4.79 Å². The molecule has 3 N–H and O–H groups in total. The minimum atomic E-state index is -1.08. The van der Waals surface area contributed by atoms with E-state index in [1.807, 2.05) is 0 Å². The summed E-state index contributed by atoms with van der Waals surface area (Å²) >= 11 is 1.26. The van der Waals surface area contributed by atoms with Crippen LogP contribution in [0, 0.1) is 0 Å². The van der Waals surface area contributed by atoms with Gasteiger partial charge in [0.25, 0.3) is 0 Å². The molecule has 0 bridgehead atoms. The van der Waals surface area contributed by atoms with Crippen molar-refractivity contribution in [1.82, 2.24) is 25.8 Å². The van der Waals surface area contributed by atoms with Gasteiger partial charge in [-0.2, -0.15) is 0 Å². The van der Waals surface area contributed by atoms with Crippen molar-refractivity contribution in [3.63, 3.8) is 0 Å². The highest BCUT2D eigenvalue weighted by molar-refractivity contribution is 7.10. The topological polar surface area (TPSA) is 128 Å². The number of urea groups is 1. The van der Waals surface area contributed by atoms with Gasteiger partial charge in [0.15, 0.2) is 0 Å². The Morgan fingerprint density at radius 2 is 2.03 bits per heavy atom. The number of thiophene rings is 1. The summed E-state index contributed by atoms with van der Waals surface area (Å²) in [6.45, 7) is 4.78. The summed E-state index contributed by atoms with van der Waals surface area (Å²) in [5, 5.41) is 9.45. The highest BCUT2D eigenvalue weighted by Crippen LogP contribution is 2.21. The number of nitrogens with zero attached hydrogens (tertiary/aromatic N) is 2. The first-order chi connectivity index (χ1) is 14.8. The van der Waals surface area contributed by atoms with E-state index in [9.17, 15) is 24.0 Å². The van der Waals surface area contributed by atoms with Crippen LogP contribution in [0.25, 0.3) is 0 Å². The summed E-state index contributed by atoms with van der Waals surface area (Å²) < 4.78 is 0. The molecule has 3 atom stereocenters.